The van der Waals surface area contributed by atoms with E-state index in [0.717, 1.165) is 24.9 Å². The van der Waals surface area contributed by atoms with Crippen molar-refractivity contribution in [3.8, 4) is 0 Å². The number of sulfonamides is 1. The van der Waals surface area contributed by atoms with Crippen molar-refractivity contribution < 1.29 is 13.2 Å². The molecular weight excluding hydrogens is 388 g/mol. The zero-order chi connectivity index (χ0) is 19.0. The van der Waals surface area contributed by atoms with Crippen molar-refractivity contribution in [1.29, 1.82) is 0 Å². The molecule has 2 N–H and O–H groups in total. The highest BCUT2D eigenvalue weighted by Gasteiger charge is 2.47. The number of hydrazine groups is 1. The summed E-state index contributed by atoms with van der Waals surface area (Å²) in [5.41, 5.74) is 6.93. The first-order valence-electron chi connectivity index (χ1n) is 9.46. The number of nitrogens with one attached hydrogen (secondary N) is 2. The van der Waals surface area contributed by atoms with Gasteiger partial charge in [-0.3, -0.25) is 10.2 Å². The van der Waals surface area contributed by atoms with Crippen LogP contribution in [0.2, 0.25) is 5.02 Å². The first-order valence-corrected chi connectivity index (χ1v) is 11.3. The summed E-state index contributed by atoms with van der Waals surface area (Å²) < 4.78 is 27.7. The number of halogens is 1. The molecule has 0 radical (unpaired) electrons. The fourth-order valence-electron chi connectivity index (χ4n) is 4.35. The number of fused-ring (bicyclic) bond motifs is 1. The number of rotatable bonds is 3. The smallest absolute Gasteiger partial charge is 0.241 e. The van der Waals surface area contributed by atoms with Crippen LogP contribution in [-0.2, 0) is 21.4 Å². The third kappa shape index (κ3) is 3.86. The molecule has 0 aliphatic carbocycles. The monoisotopic (exact) mass is 412 g/mol. The second kappa shape index (κ2) is 7.67. The lowest BCUT2D eigenvalue weighted by molar-refractivity contribution is -0.133. The number of likely N-dealkylation sites (tertiary alicyclic amines) is 1. The van der Waals surface area contributed by atoms with Gasteiger partial charge in [-0.2, -0.15) is 4.31 Å². The standard InChI is InChI=1S/C18H25ClN4O3S/c19-15-3-1-13(2-4-15)11-23-12-14-6-9-22(10-7-17(14)27(23,25)26)18(24)16-5-8-20-21-16/h1-4,14,16-17,20-21H,5-12H2/t14-,16?,17-/m1/s1. The number of hydrogen-bond donors (Lipinski definition) is 2. The van der Waals surface area contributed by atoms with Gasteiger partial charge in [0.15, 0.2) is 0 Å². The average molecular weight is 413 g/mol. The van der Waals surface area contributed by atoms with Gasteiger partial charge in [-0.15, -0.1) is 0 Å². The van der Waals surface area contributed by atoms with Gasteiger partial charge in [0.1, 0.15) is 6.04 Å². The van der Waals surface area contributed by atoms with Crippen molar-refractivity contribution in [2.45, 2.75) is 37.1 Å². The molecule has 3 saturated heterocycles. The summed E-state index contributed by atoms with van der Waals surface area (Å²) in [6.45, 7) is 2.83. The largest absolute Gasteiger partial charge is 0.341 e. The summed E-state index contributed by atoms with van der Waals surface area (Å²) in [5.74, 6) is 0.158. The second-order valence-electron chi connectivity index (χ2n) is 7.58. The minimum Gasteiger partial charge on any atom is -0.341 e. The highest BCUT2D eigenvalue weighted by atomic mass is 35.5. The van der Waals surface area contributed by atoms with Gasteiger partial charge < -0.3 is 4.90 Å². The molecule has 4 rings (SSSR count). The molecule has 3 heterocycles. The molecule has 3 aliphatic heterocycles. The molecule has 148 valence electrons. The van der Waals surface area contributed by atoms with Gasteiger partial charge >= 0.3 is 0 Å². The Morgan fingerprint density at radius 1 is 1.15 bits per heavy atom. The fourth-order valence-corrected chi connectivity index (χ4v) is 6.70. The van der Waals surface area contributed by atoms with Gasteiger partial charge in [-0.25, -0.2) is 13.8 Å². The van der Waals surface area contributed by atoms with E-state index >= 15 is 0 Å². The van der Waals surface area contributed by atoms with E-state index in [1.54, 1.807) is 16.4 Å². The Labute approximate surface area is 165 Å². The fraction of sp³-hybridized carbons (Fsp3) is 0.611. The predicted molar refractivity (Wildman–Crippen MR) is 103 cm³/mol. The lowest BCUT2D eigenvalue weighted by atomic mass is 10.0. The van der Waals surface area contributed by atoms with Gasteiger partial charge in [0.2, 0.25) is 15.9 Å². The molecule has 1 amide bonds. The lowest BCUT2D eigenvalue weighted by Crippen LogP contribution is -2.46. The molecular formula is C18H25ClN4O3S. The Morgan fingerprint density at radius 2 is 1.89 bits per heavy atom. The third-order valence-corrected chi connectivity index (χ3v) is 8.51. The van der Waals surface area contributed by atoms with Crippen molar-refractivity contribution in [3.63, 3.8) is 0 Å². The van der Waals surface area contributed by atoms with Crippen LogP contribution in [0.25, 0.3) is 0 Å². The minimum absolute atomic E-state index is 0.0785. The molecule has 1 aromatic carbocycles. The molecule has 0 saturated carbocycles. The third-order valence-electron chi connectivity index (χ3n) is 5.88. The van der Waals surface area contributed by atoms with Gasteiger partial charge in [0.25, 0.3) is 0 Å². The summed E-state index contributed by atoms with van der Waals surface area (Å²) in [6.07, 6.45) is 2.01. The number of benzene rings is 1. The maximum absolute atomic E-state index is 13.1. The molecule has 0 bridgehead atoms. The highest BCUT2D eigenvalue weighted by Crippen LogP contribution is 2.35. The van der Waals surface area contributed by atoms with Crippen LogP contribution in [0.5, 0.6) is 0 Å². The first-order chi connectivity index (χ1) is 12.9. The molecule has 0 aromatic heterocycles. The zero-order valence-corrected chi connectivity index (χ0v) is 16.7. The summed E-state index contributed by atoms with van der Waals surface area (Å²) in [7, 11) is -3.35. The van der Waals surface area contributed by atoms with E-state index in [4.69, 9.17) is 11.6 Å². The van der Waals surface area contributed by atoms with Crippen LogP contribution >= 0.6 is 11.6 Å². The maximum Gasteiger partial charge on any atom is 0.241 e. The quantitative estimate of drug-likeness (QED) is 0.772. The molecule has 3 fully saturated rings. The number of amides is 1. The van der Waals surface area contributed by atoms with Crippen LogP contribution in [0, 0.1) is 5.92 Å². The van der Waals surface area contributed by atoms with E-state index in [0.29, 0.717) is 37.6 Å². The molecule has 27 heavy (non-hydrogen) atoms. The van der Waals surface area contributed by atoms with E-state index in [9.17, 15) is 13.2 Å². The van der Waals surface area contributed by atoms with Gasteiger partial charge in [0, 0.05) is 37.7 Å². The Kier molecular flexibility index (Phi) is 5.44. The molecule has 7 nitrogen and oxygen atoms in total. The topological polar surface area (TPSA) is 81.8 Å². The summed E-state index contributed by atoms with van der Waals surface area (Å²) in [5, 5.41) is 0.252. The number of carbonyl (C=O) groups excluding carboxylic acids is 1. The molecule has 1 aromatic rings. The van der Waals surface area contributed by atoms with Crippen LogP contribution in [0.4, 0.5) is 0 Å². The number of hydrogen-bond acceptors (Lipinski definition) is 5. The Morgan fingerprint density at radius 3 is 2.59 bits per heavy atom. The number of nitrogens with zero attached hydrogens (tertiary/aromatic N) is 2. The van der Waals surface area contributed by atoms with E-state index in [1.807, 2.05) is 17.0 Å². The molecule has 3 aliphatic rings. The normalized spacial score (nSPS) is 30.9. The average Bonchev–Trinajstić information content (AvgIpc) is 3.18. The lowest BCUT2D eigenvalue weighted by Gasteiger charge is -2.24. The Hall–Kier alpha value is -1.19. The van der Waals surface area contributed by atoms with Crippen molar-refractivity contribution in [3.05, 3.63) is 34.9 Å². The number of carbonyl (C=O) groups is 1. The van der Waals surface area contributed by atoms with E-state index in [1.165, 1.54) is 0 Å². The molecule has 0 spiro atoms. The van der Waals surface area contributed by atoms with Crippen LogP contribution in [-0.4, -0.2) is 61.0 Å². The second-order valence-corrected chi connectivity index (χ2v) is 10.2. The van der Waals surface area contributed by atoms with E-state index < -0.39 is 15.3 Å². The summed E-state index contributed by atoms with van der Waals surface area (Å²) in [4.78, 5) is 14.5. The molecule has 1 unspecified atom stereocenters. The van der Waals surface area contributed by atoms with Crippen molar-refractivity contribution >= 4 is 27.5 Å². The minimum atomic E-state index is -3.35. The highest BCUT2D eigenvalue weighted by molar-refractivity contribution is 7.90. The maximum atomic E-state index is 13.1. The van der Waals surface area contributed by atoms with Crippen molar-refractivity contribution in [2.75, 3.05) is 26.2 Å². The van der Waals surface area contributed by atoms with Gasteiger partial charge in [-0.1, -0.05) is 23.7 Å². The van der Waals surface area contributed by atoms with E-state index in [2.05, 4.69) is 10.9 Å². The molecule has 9 heteroatoms. The van der Waals surface area contributed by atoms with Crippen LogP contribution < -0.4 is 10.9 Å². The predicted octanol–water partition coefficient (Wildman–Crippen LogP) is 0.959. The van der Waals surface area contributed by atoms with Gasteiger partial charge in [-0.05, 0) is 42.9 Å². The van der Waals surface area contributed by atoms with E-state index in [-0.39, 0.29) is 17.9 Å². The SMILES string of the molecule is O=C(C1CCNN1)N1CC[C@@H]2CN(Cc3ccc(Cl)cc3)S(=O)(=O)[C@@H]2CC1. The van der Waals surface area contributed by atoms with Crippen LogP contribution in [0.1, 0.15) is 24.8 Å². The Bertz CT molecular complexity index is 795. The van der Waals surface area contributed by atoms with Gasteiger partial charge in [0.05, 0.1) is 5.25 Å². The zero-order valence-electron chi connectivity index (χ0n) is 15.1. The Balaban J connectivity index is 1.43. The van der Waals surface area contributed by atoms with Crippen LogP contribution in [0.15, 0.2) is 24.3 Å². The van der Waals surface area contributed by atoms with Crippen molar-refractivity contribution in [2.24, 2.45) is 5.92 Å². The van der Waals surface area contributed by atoms with Crippen molar-refractivity contribution in [1.82, 2.24) is 20.1 Å². The summed E-state index contributed by atoms with van der Waals surface area (Å²) >= 11 is 5.92. The first kappa shape index (κ1) is 19.1. The van der Waals surface area contributed by atoms with Crippen LogP contribution in [0.3, 0.4) is 0 Å². The summed E-state index contributed by atoms with van der Waals surface area (Å²) in [6, 6.07) is 7.12. The molecule has 3 atom stereocenters.